The lowest BCUT2D eigenvalue weighted by molar-refractivity contribution is -0.230. The summed E-state index contributed by atoms with van der Waals surface area (Å²) in [6, 6.07) is 0. The number of rotatable bonds is 3. The van der Waals surface area contributed by atoms with Crippen molar-refractivity contribution in [3.8, 4) is 0 Å². The molecule has 1 unspecified atom stereocenters. The highest BCUT2D eigenvalue weighted by Gasteiger charge is 2.42. The van der Waals surface area contributed by atoms with Gasteiger partial charge in [-0.25, -0.2) is 0 Å². The zero-order chi connectivity index (χ0) is 10.6. The standard InChI is InChI=1S/C7H11F3O3/c1-4(2)6(12)13-5(3-11)7(8,9)10/h4-5,11H,3H2,1-2H3. The summed E-state index contributed by atoms with van der Waals surface area (Å²) in [5, 5.41) is 8.30. The molecule has 1 N–H and O–H groups in total. The molecule has 13 heavy (non-hydrogen) atoms. The molecular weight excluding hydrogens is 189 g/mol. The van der Waals surface area contributed by atoms with Crippen molar-refractivity contribution in [1.82, 2.24) is 0 Å². The van der Waals surface area contributed by atoms with E-state index in [2.05, 4.69) is 4.74 Å². The normalized spacial score (nSPS) is 14.4. The molecule has 0 aromatic rings. The molecule has 0 aromatic carbocycles. The second-order valence-corrected chi connectivity index (χ2v) is 2.80. The second kappa shape index (κ2) is 4.45. The first-order chi connectivity index (χ1) is 5.79. The van der Waals surface area contributed by atoms with Gasteiger partial charge in [-0.3, -0.25) is 4.79 Å². The van der Waals surface area contributed by atoms with Crippen LogP contribution in [-0.4, -0.2) is 30.0 Å². The SMILES string of the molecule is CC(C)C(=O)OC(CO)C(F)(F)F. The smallest absolute Gasteiger partial charge is 0.427 e. The summed E-state index contributed by atoms with van der Waals surface area (Å²) in [5.74, 6) is -1.62. The average Bonchev–Trinajstić information content (AvgIpc) is 1.96. The van der Waals surface area contributed by atoms with E-state index in [0.717, 1.165) is 0 Å². The van der Waals surface area contributed by atoms with Gasteiger partial charge < -0.3 is 9.84 Å². The first-order valence-corrected chi connectivity index (χ1v) is 3.67. The monoisotopic (exact) mass is 200 g/mol. The Morgan fingerprint density at radius 3 is 2.15 bits per heavy atom. The van der Waals surface area contributed by atoms with Crippen molar-refractivity contribution in [3.05, 3.63) is 0 Å². The predicted molar refractivity (Wildman–Crippen MR) is 37.9 cm³/mol. The van der Waals surface area contributed by atoms with Crippen molar-refractivity contribution in [2.75, 3.05) is 6.61 Å². The van der Waals surface area contributed by atoms with Crippen LogP contribution in [0.15, 0.2) is 0 Å². The minimum Gasteiger partial charge on any atom is -0.450 e. The minimum atomic E-state index is -4.71. The molecule has 0 aliphatic rings. The highest BCUT2D eigenvalue weighted by atomic mass is 19.4. The van der Waals surface area contributed by atoms with Crippen LogP contribution in [0.25, 0.3) is 0 Å². The van der Waals surface area contributed by atoms with Crippen LogP contribution in [-0.2, 0) is 9.53 Å². The van der Waals surface area contributed by atoms with E-state index in [-0.39, 0.29) is 0 Å². The van der Waals surface area contributed by atoms with Gasteiger partial charge >= 0.3 is 12.1 Å². The average molecular weight is 200 g/mol. The number of esters is 1. The summed E-state index contributed by atoms with van der Waals surface area (Å²) in [6.45, 7) is 1.57. The Morgan fingerprint density at radius 2 is 1.92 bits per heavy atom. The first kappa shape index (κ1) is 12.2. The molecule has 0 aliphatic carbocycles. The van der Waals surface area contributed by atoms with Gasteiger partial charge in [0.05, 0.1) is 12.5 Å². The lowest BCUT2D eigenvalue weighted by atomic mass is 10.2. The van der Waals surface area contributed by atoms with Gasteiger partial charge in [-0.1, -0.05) is 13.8 Å². The summed E-state index contributed by atoms with van der Waals surface area (Å²) in [5.41, 5.74) is 0. The largest absolute Gasteiger partial charge is 0.450 e. The summed E-state index contributed by atoms with van der Waals surface area (Å²) in [7, 11) is 0. The highest BCUT2D eigenvalue weighted by molar-refractivity contribution is 5.71. The Bertz CT molecular complexity index is 176. The number of carbonyl (C=O) groups is 1. The molecule has 78 valence electrons. The number of hydrogen-bond acceptors (Lipinski definition) is 3. The number of carbonyl (C=O) groups excluding carboxylic acids is 1. The van der Waals surface area contributed by atoms with Crippen molar-refractivity contribution in [1.29, 1.82) is 0 Å². The third kappa shape index (κ3) is 4.12. The second-order valence-electron chi connectivity index (χ2n) is 2.80. The summed E-state index contributed by atoms with van der Waals surface area (Å²) in [4.78, 5) is 10.7. The minimum absolute atomic E-state index is 0.642. The zero-order valence-electron chi connectivity index (χ0n) is 7.26. The van der Waals surface area contributed by atoms with E-state index in [0.29, 0.717) is 0 Å². The van der Waals surface area contributed by atoms with Gasteiger partial charge in [0.25, 0.3) is 0 Å². The third-order valence-electron chi connectivity index (χ3n) is 1.26. The lowest BCUT2D eigenvalue weighted by Crippen LogP contribution is -2.37. The topological polar surface area (TPSA) is 46.5 Å². The number of halogens is 3. The van der Waals surface area contributed by atoms with E-state index >= 15 is 0 Å². The summed E-state index contributed by atoms with van der Waals surface area (Å²) < 4.78 is 39.7. The van der Waals surface area contributed by atoms with Crippen LogP contribution in [0.3, 0.4) is 0 Å². The van der Waals surface area contributed by atoms with Crippen molar-refractivity contribution in [3.63, 3.8) is 0 Å². The van der Waals surface area contributed by atoms with Gasteiger partial charge in [0.2, 0.25) is 6.10 Å². The van der Waals surface area contributed by atoms with Gasteiger partial charge in [-0.15, -0.1) is 0 Å². The highest BCUT2D eigenvalue weighted by Crippen LogP contribution is 2.23. The predicted octanol–water partition coefficient (Wildman–Crippen LogP) is 1.11. The molecular formula is C7H11F3O3. The van der Waals surface area contributed by atoms with Crippen LogP contribution in [0.1, 0.15) is 13.8 Å². The van der Waals surface area contributed by atoms with Crippen molar-refractivity contribution in [2.24, 2.45) is 5.92 Å². The number of aliphatic hydroxyl groups is 1. The summed E-state index contributed by atoms with van der Waals surface area (Å²) in [6.07, 6.45) is -7.12. The summed E-state index contributed by atoms with van der Waals surface area (Å²) >= 11 is 0. The quantitative estimate of drug-likeness (QED) is 0.694. The van der Waals surface area contributed by atoms with E-state index in [1.807, 2.05) is 0 Å². The van der Waals surface area contributed by atoms with E-state index in [4.69, 9.17) is 5.11 Å². The van der Waals surface area contributed by atoms with Crippen molar-refractivity contribution < 1.29 is 27.8 Å². The fourth-order valence-electron chi connectivity index (χ4n) is 0.484. The van der Waals surface area contributed by atoms with Crippen LogP contribution in [0.2, 0.25) is 0 Å². The Balaban J connectivity index is 4.22. The number of hydrogen-bond donors (Lipinski definition) is 1. The van der Waals surface area contributed by atoms with Crippen LogP contribution in [0.4, 0.5) is 13.2 Å². The van der Waals surface area contributed by atoms with E-state index in [1.165, 1.54) is 13.8 Å². The third-order valence-corrected chi connectivity index (χ3v) is 1.26. The van der Waals surface area contributed by atoms with Gasteiger partial charge in [0.1, 0.15) is 0 Å². The van der Waals surface area contributed by atoms with Gasteiger partial charge in [0.15, 0.2) is 0 Å². The molecule has 3 nitrogen and oxygen atoms in total. The molecule has 0 aliphatic heterocycles. The van der Waals surface area contributed by atoms with E-state index in [9.17, 15) is 18.0 Å². The molecule has 0 saturated heterocycles. The van der Waals surface area contributed by atoms with Crippen molar-refractivity contribution in [2.45, 2.75) is 26.1 Å². The van der Waals surface area contributed by atoms with Gasteiger partial charge in [0, 0.05) is 0 Å². The molecule has 1 atom stereocenters. The molecule has 0 amide bonds. The number of alkyl halides is 3. The van der Waals surface area contributed by atoms with Crippen LogP contribution in [0.5, 0.6) is 0 Å². The molecule has 6 heteroatoms. The molecule has 0 heterocycles. The fourth-order valence-corrected chi connectivity index (χ4v) is 0.484. The molecule has 0 fully saturated rings. The Hall–Kier alpha value is -0.780. The van der Waals surface area contributed by atoms with E-state index in [1.54, 1.807) is 0 Å². The maximum Gasteiger partial charge on any atom is 0.427 e. The number of aliphatic hydroxyl groups excluding tert-OH is 1. The maximum atomic E-state index is 11.9. The van der Waals surface area contributed by atoms with Crippen LogP contribution >= 0.6 is 0 Å². The molecule has 0 bridgehead atoms. The zero-order valence-corrected chi connectivity index (χ0v) is 7.26. The van der Waals surface area contributed by atoms with Gasteiger partial charge in [-0.05, 0) is 0 Å². The lowest BCUT2D eigenvalue weighted by Gasteiger charge is -2.19. The Morgan fingerprint density at radius 1 is 1.46 bits per heavy atom. The molecule has 0 aromatic heterocycles. The first-order valence-electron chi connectivity index (χ1n) is 3.67. The van der Waals surface area contributed by atoms with Gasteiger partial charge in [-0.2, -0.15) is 13.2 Å². The van der Waals surface area contributed by atoms with Crippen molar-refractivity contribution >= 4 is 5.97 Å². The molecule has 0 radical (unpaired) electrons. The fraction of sp³-hybridized carbons (Fsp3) is 0.857. The molecule has 0 spiro atoms. The maximum absolute atomic E-state index is 11.9. The Kier molecular flexibility index (Phi) is 4.19. The number of ether oxygens (including phenoxy) is 1. The molecule has 0 rings (SSSR count). The van der Waals surface area contributed by atoms with E-state index < -0.39 is 30.8 Å². The Labute approximate surface area is 73.5 Å². The van der Waals surface area contributed by atoms with Crippen LogP contribution in [0, 0.1) is 5.92 Å². The molecule has 0 saturated carbocycles. The van der Waals surface area contributed by atoms with Crippen LogP contribution < -0.4 is 0 Å².